The number of nitrogens with one attached hydrogen (secondary N) is 1. The number of allylic oxidation sites excluding steroid dienone is 2. The van der Waals surface area contributed by atoms with Crippen LogP contribution in [0.4, 0.5) is 0 Å². The van der Waals surface area contributed by atoms with Gasteiger partial charge in [0.1, 0.15) is 5.71 Å². The fraction of sp³-hybridized carbons (Fsp3) is 0.500. The van der Waals surface area contributed by atoms with Crippen molar-refractivity contribution in [2.24, 2.45) is 10.4 Å². The largest absolute Gasteiger partial charge is 0.344 e. The number of hydrogen-bond donors (Lipinski definition) is 1. The van der Waals surface area contributed by atoms with Crippen molar-refractivity contribution in [3.8, 4) is 0 Å². The summed E-state index contributed by atoms with van der Waals surface area (Å²) < 4.78 is 0. The monoisotopic (exact) mass is 368 g/mol. The van der Waals surface area contributed by atoms with Gasteiger partial charge in [-0.25, -0.2) is 0 Å². The Morgan fingerprint density at radius 2 is 1.96 bits per heavy atom. The van der Waals surface area contributed by atoms with Gasteiger partial charge in [0, 0.05) is 6.20 Å². The van der Waals surface area contributed by atoms with E-state index in [0.717, 1.165) is 18.4 Å². The van der Waals surface area contributed by atoms with Crippen molar-refractivity contribution in [2.45, 2.75) is 74.3 Å². The van der Waals surface area contributed by atoms with Crippen molar-refractivity contribution in [1.29, 1.82) is 0 Å². The normalized spacial score (nSPS) is 13.7. The van der Waals surface area contributed by atoms with E-state index in [1.165, 1.54) is 22.3 Å². The van der Waals surface area contributed by atoms with Gasteiger partial charge in [-0.1, -0.05) is 52.5 Å². The molecule has 0 saturated heterocycles. The number of nitrogens with zero attached hydrogens (tertiary/aromatic N) is 1. The maximum atomic E-state index is 12.4. The molecular weight excluding hydrogens is 332 g/mol. The van der Waals surface area contributed by atoms with E-state index < -0.39 is 0 Å². The molecule has 1 aromatic rings. The van der Waals surface area contributed by atoms with Gasteiger partial charge in [0.25, 0.3) is 5.91 Å². The minimum absolute atomic E-state index is 0.0770. The molecule has 0 spiro atoms. The van der Waals surface area contributed by atoms with Crippen LogP contribution in [0.2, 0.25) is 0 Å². The van der Waals surface area contributed by atoms with Crippen LogP contribution in [0.25, 0.3) is 5.57 Å². The first-order chi connectivity index (χ1) is 12.5. The smallest absolute Gasteiger partial charge is 0.265 e. The molecule has 0 aromatic heterocycles. The third kappa shape index (κ3) is 6.50. The van der Waals surface area contributed by atoms with E-state index in [0.29, 0.717) is 5.71 Å². The summed E-state index contributed by atoms with van der Waals surface area (Å²) in [5.74, 6) is -0.137. The lowest BCUT2D eigenvalue weighted by Gasteiger charge is -2.24. The van der Waals surface area contributed by atoms with Gasteiger partial charge in [-0.2, -0.15) is 0 Å². The minimum atomic E-state index is -0.137. The average molecular weight is 369 g/mol. The highest BCUT2D eigenvalue weighted by atomic mass is 16.1. The zero-order valence-corrected chi connectivity index (χ0v) is 18.4. The lowest BCUT2D eigenvalue weighted by Crippen LogP contribution is -2.32. The van der Waals surface area contributed by atoms with Crippen LogP contribution >= 0.6 is 0 Å². The van der Waals surface area contributed by atoms with Crippen LogP contribution in [0.3, 0.4) is 0 Å². The fourth-order valence-corrected chi connectivity index (χ4v) is 3.39. The molecule has 3 nitrogen and oxygen atoms in total. The summed E-state index contributed by atoms with van der Waals surface area (Å²) in [4.78, 5) is 16.5. The first-order valence-electron chi connectivity index (χ1n) is 9.78. The summed E-state index contributed by atoms with van der Waals surface area (Å²) in [6.07, 6.45) is 5.33. The average Bonchev–Trinajstić information content (AvgIpc) is 2.57. The summed E-state index contributed by atoms with van der Waals surface area (Å²) in [7, 11) is 0. The highest BCUT2D eigenvalue weighted by Crippen LogP contribution is 2.34. The molecule has 0 radical (unpaired) electrons. The molecule has 1 rings (SSSR count). The molecule has 1 unspecified atom stereocenters. The third-order valence-electron chi connectivity index (χ3n) is 4.67. The molecule has 3 heteroatoms. The van der Waals surface area contributed by atoms with E-state index >= 15 is 0 Å². The molecule has 148 valence electrons. The predicted molar refractivity (Wildman–Crippen MR) is 118 cm³/mol. The Kier molecular flexibility index (Phi) is 8.20. The van der Waals surface area contributed by atoms with Crippen molar-refractivity contribution >= 4 is 17.2 Å². The Balaban J connectivity index is 3.14. The predicted octanol–water partition coefficient (Wildman–Crippen LogP) is 6.18. The van der Waals surface area contributed by atoms with Gasteiger partial charge in [-0.15, -0.1) is 0 Å². The number of carbonyl (C=O) groups is 1. The number of carbonyl (C=O) groups excluding carboxylic acids is 1. The Morgan fingerprint density at radius 3 is 2.48 bits per heavy atom. The zero-order chi connectivity index (χ0) is 20.8. The van der Waals surface area contributed by atoms with Gasteiger partial charge in [-0.05, 0) is 73.8 Å². The number of rotatable bonds is 7. The van der Waals surface area contributed by atoms with Crippen molar-refractivity contribution in [2.75, 3.05) is 0 Å². The summed E-state index contributed by atoms with van der Waals surface area (Å²) >= 11 is 0. The lowest BCUT2D eigenvalue weighted by molar-refractivity contribution is -0.115. The Morgan fingerprint density at radius 1 is 1.33 bits per heavy atom. The molecule has 1 atom stereocenters. The van der Waals surface area contributed by atoms with Gasteiger partial charge >= 0.3 is 0 Å². The van der Waals surface area contributed by atoms with Gasteiger partial charge in [0.2, 0.25) is 0 Å². The molecule has 1 aromatic carbocycles. The molecule has 0 aliphatic heterocycles. The van der Waals surface area contributed by atoms with Crippen LogP contribution in [-0.4, -0.2) is 11.6 Å². The fourth-order valence-electron chi connectivity index (χ4n) is 3.39. The van der Waals surface area contributed by atoms with E-state index in [4.69, 9.17) is 0 Å². The number of hydrogen-bond acceptors (Lipinski definition) is 2. The van der Waals surface area contributed by atoms with Crippen molar-refractivity contribution in [3.63, 3.8) is 0 Å². The first kappa shape index (κ1) is 22.9. The van der Waals surface area contributed by atoms with Crippen molar-refractivity contribution in [3.05, 3.63) is 53.2 Å². The van der Waals surface area contributed by atoms with Crippen LogP contribution in [0.1, 0.15) is 83.2 Å². The quantitative estimate of drug-likeness (QED) is 0.574. The molecule has 1 amide bonds. The van der Waals surface area contributed by atoms with E-state index in [9.17, 15) is 4.79 Å². The van der Waals surface area contributed by atoms with Crippen LogP contribution in [0.5, 0.6) is 0 Å². The third-order valence-corrected chi connectivity index (χ3v) is 4.67. The Hall–Kier alpha value is -2.16. The molecule has 0 heterocycles. The van der Waals surface area contributed by atoms with E-state index in [2.05, 4.69) is 63.6 Å². The number of aliphatic imine (C=N–C) groups is 1. The highest BCUT2D eigenvalue weighted by molar-refractivity contribution is 6.38. The standard InChI is InChI=1S/C24H36N2O/c1-10-14-25-19(6)23(27)26-18(5)22-13-12-21(17(4)20(22)11-2)16(3)15-24(7,8)9/h10,12-14,18H,3,11,15H2,1-2,4-9H3,(H,26,27)/b14-10+,25-19?. The van der Waals surface area contributed by atoms with E-state index in [1.54, 1.807) is 13.1 Å². The molecular formula is C24H36N2O. The van der Waals surface area contributed by atoms with E-state index in [1.807, 2.05) is 19.9 Å². The maximum Gasteiger partial charge on any atom is 0.265 e. The zero-order valence-electron chi connectivity index (χ0n) is 18.4. The van der Waals surface area contributed by atoms with Crippen LogP contribution in [0, 0.1) is 12.3 Å². The summed E-state index contributed by atoms with van der Waals surface area (Å²) in [6, 6.07) is 4.21. The minimum Gasteiger partial charge on any atom is -0.344 e. The molecule has 27 heavy (non-hydrogen) atoms. The van der Waals surface area contributed by atoms with Gasteiger partial charge < -0.3 is 5.32 Å². The summed E-state index contributed by atoms with van der Waals surface area (Å²) in [5.41, 5.74) is 6.80. The Bertz CT molecular complexity index is 748. The molecule has 0 saturated carbocycles. The number of amides is 1. The van der Waals surface area contributed by atoms with Crippen molar-refractivity contribution < 1.29 is 4.79 Å². The second kappa shape index (κ2) is 9.68. The van der Waals surface area contributed by atoms with Gasteiger partial charge in [0.15, 0.2) is 0 Å². The van der Waals surface area contributed by atoms with Crippen LogP contribution in [-0.2, 0) is 11.2 Å². The van der Waals surface area contributed by atoms with Crippen LogP contribution < -0.4 is 5.32 Å². The summed E-state index contributed by atoms with van der Waals surface area (Å²) in [6.45, 7) is 21.0. The second-order valence-corrected chi connectivity index (χ2v) is 8.39. The second-order valence-electron chi connectivity index (χ2n) is 8.39. The molecule has 0 aliphatic carbocycles. The van der Waals surface area contributed by atoms with E-state index in [-0.39, 0.29) is 17.4 Å². The van der Waals surface area contributed by atoms with Crippen LogP contribution in [0.15, 0.2) is 36.0 Å². The molecule has 0 aliphatic rings. The summed E-state index contributed by atoms with van der Waals surface area (Å²) in [5, 5.41) is 3.07. The van der Waals surface area contributed by atoms with Gasteiger partial charge in [0.05, 0.1) is 6.04 Å². The highest BCUT2D eigenvalue weighted by Gasteiger charge is 2.19. The SMILES string of the molecule is C=C(CC(C)(C)C)c1ccc(C(C)NC(=O)C(C)=N/C=C/C)c(CC)c1C. The first-order valence-corrected chi connectivity index (χ1v) is 9.78. The maximum absolute atomic E-state index is 12.4. The number of benzene rings is 1. The Labute approximate surface area is 165 Å². The molecule has 0 bridgehead atoms. The molecule has 1 N–H and O–H groups in total. The molecule has 0 fully saturated rings. The lowest BCUT2D eigenvalue weighted by atomic mass is 9.82. The van der Waals surface area contributed by atoms with Gasteiger partial charge in [-0.3, -0.25) is 9.79 Å². The topological polar surface area (TPSA) is 41.5 Å². The van der Waals surface area contributed by atoms with Crippen molar-refractivity contribution in [1.82, 2.24) is 5.32 Å².